The van der Waals surface area contributed by atoms with Gasteiger partial charge in [-0.05, 0) is 66.5 Å². The Labute approximate surface area is 161 Å². The predicted molar refractivity (Wildman–Crippen MR) is 113 cm³/mol. The van der Waals surface area contributed by atoms with Crippen molar-refractivity contribution in [2.75, 3.05) is 36.4 Å². The van der Waals surface area contributed by atoms with Gasteiger partial charge in [-0.25, -0.2) is 0 Å². The van der Waals surface area contributed by atoms with Crippen molar-refractivity contribution < 1.29 is 5.11 Å². The molecule has 26 heavy (non-hydrogen) atoms. The molecule has 0 radical (unpaired) electrons. The maximum atomic E-state index is 9.42. The quantitative estimate of drug-likeness (QED) is 0.781. The van der Waals surface area contributed by atoms with Gasteiger partial charge >= 0.3 is 0 Å². The van der Waals surface area contributed by atoms with Crippen LogP contribution in [0.5, 0.6) is 5.75 Å². The van der Waals surface area contributed by atoms with Crippen molar-refractivity contribution in [3.8, 4) is 5.75 Å². The van der Waals surface area contributed by atoms with Crippen LogP contribution < -0.4 is 10.2 Å². The van der Waals surface area contributed by atoms with E-state index in [1.165, 1.54) is 5.56 Å². The highest BCUT2D eigenvalue weighted by Gasteiger charge is 2.19. The minimum absolute atomic E-state index is 0.303. The SMILES string of the molecule is CC[C@H](C)c1ccc(NC(=S)N2CCN(c3ccc(O)cc3)CC2)cc1. The third-order valence-electron chi connectivity index (χ3n) is 5.13. The first-order chi connectivity index (χ1) is 12.6. The Morgan fingerprint density at radius 1 is 1.04 bits per heavy atom. The van der Waals surface area contributed by atoms with Crippen molar-refractivity contribution in [2.24, 2.45) is 0 Å². The summed E-state index contributed by atoms with van der Waals surface area (Å²) in [6.45, 7) is 8.07. The number of hydrogen-bond donors (Lipinski definition) is 2. The molecule has 1 heterocycles. The number of phenolic OH excluding ortho intramolecular Hbond substituents is 1. The Morgan fingerprint density at radius 2 is 1.65 bits per heavy atom. The molecule has 0 amide bonds. The highest BCUT2D eigenvalue weighted by molar-refractivity contribution is 7.80. The molecule has 0 bridgehead atoms. The number of phenols is 1. The van der Waals surface area contributed by atoms with E-state index in [1.54, 1.807) is 12.1 Å². The van der Waals surface area contributed by atoms with E-state index < -0.39 is 0 Å². The Balaban J connectivity index is 1.52. The number of benzene rings is 2. The number of nitrogens with zero attached hydrogens (tertiary/aromatic N) is 2. The standard InChI is InChI=1S/C21H27N3OS/c1-3-16(2)17-4-6-18(7-5-17)22-21(26)24-14-12-23(13-15-24)19-8-10-20(25)11-9-19/h4-11,16,25H,3,12-15H2,1-2H3,(H,22,26)/t16-/m0/s1. The molecule has 0 saturated carbocycles. The first-order valence-corrected chi connectivity index (χ1v) is 9.67. The van der Waals surface area contributed by atoms with Crippen LogP contribution in [0.3, 0.4) is 0 Å². The molecule has 1 fully saturated rings. The third-order valence-corrected chi connectivity index (χ3v) is 5.49. The summed E-state index contributed by atoms with van der Waals surface area (Å²) in [5.74, 6) is 0.890. The summed E-state index contributed by atoms with van der Waals surface area (Å²) in [5, 5.41) is 13.6. The summed E-state index contributed by atoms with van der Waals surface area (Å²) in [7, 11) is 0. The average molecular weight is 370 g/mol. The number of anilines is 2. The topological polar surface area (TPSA) is 38.7 Å². The Bertz CT molecular complexity index is 722. The van der Waals surface area contributed by atoms with Gasteiger partial charge in [-0.3, -0.25) is 0 Å². The molecule has 1 aliphatic rings. The molecule has 2 aromatic carbocycles. The lowest BCUT2D eigenvalue weighted by molar-refractivity contribution is 0.391. The highest BCUT2D eigenvalue weighted by Crippen LogP contribution is 2.22. The van der Waals surface area contributed by atoms with Crippen LogP contribution in [0.4, 0.5) is 11.4 Å². The zero-order valence-corrected chi connectivity index (χ0v) is 16.3. The van der Waals surface area contributed by atoms with E-state index in [0.717, 1.165) is 49.1 Å². The van der Waals surface area contributed by atoms with E-state index in [4.69, 9.17) is 12.2 Å². The zero-order chi connectivity index (χ0) is 18.5. The molecular formula is C21H27N3OS. The van der Waals surface area contributed by atoms with Gasteiger partial charge in [-0.1, -0.05) is 26.0 Å². The van der Waals surface area contributed by atoms with Crippen molar-refractivity contribution in [3.05, 3.63) is 54.1 Å². The second kappa shape index (κ2) is 8.41. The smallest absolute Gasteiger partial charge is 0.173 e. The van der Waals surface area contributed by atoms with E-state index in [1.807, 2.05) is 12.1 Å². The number of thiocarbonyl (C=S) groups is 1. The van der Waals surface area contributed by atoms with Gasteiger partial charge < -0.3 is 20.2 Å². The van der Waals surface area contributed by atoms with E-state index in [-0.39, 0.29) is 0 Å². The fourth-order valence-corrected chi connectivity index (χ4v) is 3.46. The lowest BCUT2D eigenvalue weighted by Gasteiger charge is -2.37. The van der Waals surface area contributed by atoms with Crippen LogP contribution in [0.2, 0.25) is 0 Å². The summed E-state index contributed by atoms with van der Waals surface area (Å²) in [5.41, 5.74) is 3.55. The lowest BCUT2D eigenvalue weighted by atomic mass is 9.99. The van der Waals surface area contributed by atoms with E-state index in [2.05, 4.69) is 53.2 Å². The lowest BCUT2D eigenvalue weighted by Crippen LogP contribution is -2.50. The van der Waals surface area contributed by atoms with Crippen LogP contribution >= 0.6 is 12.2 Å². The van der Waals surface area contributed by atoms with Crippen molar-refractivity contribution >= 4 is 28.7 Å². The van der Waals surface area contributed by atoms with Gasteiger partial charge in [0.1, 0.15) is 5.75 Å². The van der Waals surface area contributed by atoms with E-state index in [9.17, 15) is 5.11 Å². The molecular weight excluding hydrogens is 342 g/mol. The number of piperazine rings is 1. The van der Waals surface area contributed by atoms with Crippen molar-refractivity contribution in [3.63, 3.8) is 0 Å². The minimum atomic E-state index is 0.303. The van der Waals surface area contributed by atoms with Crippen LogP contribution in [0.1, 0.15) is 31.7 Å². The monoisotopic (exact) mass is 369 g/mol. The third kappa shape index (κ3) is 4.47. The fourth-order valence-electron chi connectivity index (χ4n) is 3.16. The Morgan fingerprint density at radius 3 is 2.23 bits per heavy atom. The van der Waals surface area contributed by atoms with E-state index in [0.29, 0.717) is 11.7 Å². The molecule has 0 spiro atoms. The summed E-state index contributed by atoms with van der Waals surface area (Å²) in [6.07, 6.45) is 1.15. The highest BCUT2D eigenvalue weighted by atomic mass is 32.1. The maximum Gasteiger partial charge on any atom is 0.173 e. The molecule has 0 aromatic heterocycles. The molecule has 5 heteroatoms. The summed E-state index contributed by atoms with van der Waals surface area (Å²) in [4.78, 5) is 4.54. The number of rotatable bonds is 4. The van der Waals surface area contributed by atoms with Gasteiger partial charge in [-0.15, -0.1) is 0 Å². The average Bonchev–Trinajstić information content (AvgIpc) is 2.68. The van der Waals surface area contributed by atoms with Gasteiger partial charge in [0.25, 0.3) is 0 Å². The van der Waals surface area contributed by atoms with E-state index >= 15 is 0 Å². The second-order valence-corrected chi connectivity index (χ2v) is 7.24. The Kier molecular flexibility index (Phi) is 5.99. The van der Waals surface area contributed by atoms with Crippen LogP contribution in [-0.2, 0) is 0 Å². The summed E-state index contributed by atoms with van der Waals surface area (Å²) < 4.78 is 0. The molecule has 138 valence electrons. The molecule has 3 rings (SSSR count). The van der Waals surface area contributed by atoms with Gasteiger partial charge in [-0.2, -0.15) is 0 Å². The second-order valence-electron chi connectivity index (χ2n) is 6.85. The van der Waals surface area contributed by atoms with Gasteiger partial charge in [0, 0.05) is 37.6 Å². The van der Waals surface area contributed by atoms with Gasteiger partial charge in [0.05, 0.1) is 0 Å². The molecule has 4 nitrogen and oxygen atoms in total. The largest absolute Gasteiger partial charge is 0.508 e. The van der Waals surface area contributed by atoms with Crippen molar-refractivity contribution in [1.82, 2.24) is 4.90 Å². The molecule has 1 atom stereocenters. The maximum absolute atomic E-state index is 9.42. The summed E-state index contributed by atoms with van der Waals surface area (Å²) >= 11 is 5.60. The van der Waals surface area contributed by atoms with Crippen LogP contribution in [0.25, 0.3) is 0 Å². The predicted octanol–water partition coefficient (Wildman–Crippen LogP) is 4.42. The van der Waals surface area contributed by atoms with Crippen molar-refractivity contribution in [1.29, 1.82) is 0 Å². The molecule has 0 unspecified atom stereocenters. The van der Waals surface area contributed by atoms with Gasteiger partial charge in [0.15, 0.2) is 5.11 Å². The first kappa shape index (κ1) is 18.5. The molecule has 1 saturated heterocycles. The zero-order valence-electron chi connectivity index (χ0n) is 15.5. The normalized spacial score (nSPS) is 15.6. The fraction of sp³-hybridized carbons (Fsp3) is 0.381. The van der Waals surface area contributed by atoms with Crippen LogP contribution in [0.15, 0.2) is 48.5 Å². The Hall–Kier alpha value is -2.27. The minimum Gasteiger partial charge on any atom is -0.508 e. The molecule has 2 N–H and O–H groups in total. The van der Waals surface area contributed by atoms with Gasteiger partial charge in [0.2, 0.25) is 0 Å². The van der Waals surface area contributed by atoms with Crippen molar-refractivity contribution in [2.45, 2.75) is 26.2 Å². The van der Waals surface area contributed by atoms with Crippen LogP contribution in [0, 0.1) is 0 Å². The number of nitrogens with one attached hydrogen (secondary N) is 1. The molecule has 1 aliphatic heterocycles. The first-order valence-electron chi connectivity index (χ1n) is 9.26. The van der Waals surface area contributed by atoms with Crippen LogP contribution in [-0.4, -0.2) is 41.3 Å². The molecule has 0 aliphatic carbocycles. The number of aromatic hydroxyl groups is 1. The number of hydrogen-bond acceptors (Lipinski definition) is 3. The summed E-state index contributed by atoms with van der Waals surface area (Å²) in [6, 6.07) is 16.0. The molecule has 2 aromatic rings.